The first kappa shape index (κ1) is 27.2. The number of thioether (sulfide) groups is 1. The van der Waals surface area contributed by atoms with Gasteiger partial charge in [0.1, 0.15) is 10.7 Å². The zero-order valence-corrected chi connectivity index (χ0v) is 24.7. The summed E-state index contributed by atoms with van der Waals surface area (Å²) in [5.41, 5.74) is 2.20. The molecular formula is C27H21Cl3N6O2S2. The fourth-order valence-corrected chi connectivity index (χ4v) is 6.82. The summed E-state index contributed by atoms with van der Waals surface area (Å²) in [6.07, 6.45) is 1.58. The van der Waals surface area contributed by atoms with Crippen LogP contribution in [0.1, 0.15) is 15.5 Å². The number of halogens is 3. The molecule has 5 aromatic rings. The third-order valence-corrected chi connectivity index (χ3v) is 9.11. The zero-order chi connectivity index (χ0) is 27.6. The SMILES string of the molecule is O=C(c1csc(CSc2nnc(-c3ccco3)n2-c2ccc(Cl)cc2Cl)n1)N1CCN(c2cccc(Cl)c2)CC1. The second-order valence-corrected chi connectivity index (χ2v) is 12.1. The van der Waals surface area contributed by atoms with Gasteiger partial charge in [-0.15, -0.1) is 21.5 Å². The summed E-state index contributed by atoms with van der Waals surface area (Å²) >= 11 is 21.7. The summed E-state index contributed by atoms with van der Waals surface area (Å²) in [6, 6.07) is 16.6. The molecule has 8 nitrogen and oxygen atoms in total. The first-order chi connectivity index (χ1) is 19.5. The third kappa shape index (κ3) is 5.73. The van der Waals surface area contributed by atoms with Crippen molar-refractivity contribution in [1.82, 2.24) is 24.6 Å². The predicted molar refractivity (Wildman–Crippen MR) is 160 cm³/mol. The third-order valence-electron chi connectivity index (χ3n) is 6.36. The molecule has 1 aliphatic rings. The van der Waals surface area contributed by atoms with E-state index in [1.165, 1.54) is 23.1 Å². The number of hydrogen-bond acceptors (Lipinski definition) is 8. The Morgan fingerprint density at radius 1 is 0.975 bits per heavy atom. The number of hydrogen-bond donors (Lipinski definition) is 0. The molecule has 0 spiro atoms. The second-order valence-electron chi connectivity index (χ2n) is 8.89. The molecule has 1 amide bonds. The Hall–Kier alpha value is -3.02. The lowest BCUT2D eigenvalue weighted by atomic mass is 10.2. The van der Waals surface area contributed by atoms with E-state index in [1.54, 1.807) is 24.5 Å². The van der Waals surface area contributed by atoms with E-state index in [2.05, 4.69) is 20.1 Å². The molecule has 0 atom stereocenters. The number of nitrogens with zero attached hydrogens (tertiary/aromatic N) is 6. The van der Waals surface area contributed by atoms with Crippen molar-refractivity contribution < 1.29 is 9.21 Å². The van der Waals surface area contributed by atoms with E-state index < -0.39 is 0 Å². The fourth-order valence-electron chi connectivity index (χ4n) is 4.41. The molecule has 13 heteroatoms. The average molecular weight is 632 g/mol. The Labute approximate surface area is 253 Å². The van der Waals surface area contributed by atoms with Gasteiger partial charge in [0.05, 0.1) is 22.7 Å². The molecule has 0 radical (unpaired) electrons. The molecule has 0 unspecified atom stereocenters. The molecule has 0 bridgehead atoms. The van der Waals surface area contributed by atoms with Crippen molar-refractivity contribution in [2.24, 2.45) is 0 Å². The first-order valence-corrected chi connectivity index (χ1v) is 15.3. The van der Waals surface area contributed by atoms with E-state index in [9.17, 15) is 4.79 Å². The Kier molecular flexibility index (Phi) is 8.04. The lowest BCUT2D eigenvalue weighted by molar-refractivity contribution is 0.0741. The lowest BCUT2D eigenvalue weighted by Gasteiger charge is -2.35. The van der Waals surface area contributed by atoms with Crippen molar-refractivity contribution in [1.29, 1.82) is 0 Å². The molecule has 40 heavy (non-hydrogen) atoms. The van der Waals surface area contributed by atoms with E-state index >= 15 is 0 Å². The number of thiazole rings is 1. The maximum Gasteiger partial charge on any atom is 0.273 e. The number of piperazine rings is 1. The summed E-state index contributed by atoms with van der Waals surface area (Å²) < 4.78 is 7.42. The maximum atomic E-state index is 13.2. The number of rotatable bonds is 7. The molecule has 204 valence electrons. The van der Waals surface area contributed by atoms with Crippen LogP contribution in [0.15, 0.2) is 75.8 Å². The maximum absolute atomic E-state index is 13.2. The Morgan fingerprint density at radius 2 is 1.80 bits per heavy atom. The molecule has 1 saturated heterocycles. The highest BCUT2D eigenvalue weighted by Gasteiger charge is 2.25. The molecule has 6 rings (SSSR count). The van der Waals surface area contributed by atoms with Gasteiger partial charge in [-0.1, -0.05) is 52.6 Å². The van der Waals surface area contributed by atoms with Crippen LogP contribution in [0.2, 0.25) is 15.1 Å². The minimum Gasteiger partial charge on any atom is -0.461 e. The van der Waals surface area contributed by atoms with Crippen LogP contribution < -0.4 is 4.90 Å². The highest BCUT2D eigenvalue weighted by atomic mass is 35.5. The summed E-state index contributed by atoms with van der Waals surface area (Å²) in [5, 5.41) is 13.7. The molecule has 0 aliphatic carbocycles. The van der Waals surface area contributed by atoms with Crippen LogP contribution in [0.25, 0.3) is 17.3 Å². The van der Waals surface area contributed by atoms with Gasteiger partial charge in [0.15, 0.2) is 10.9 Å². The van der Waals surface area contributed by atoms with Gasteiger partial charge >= 0.3 is 0 Å². The molecular weight excluding hydrogens is 611 g/mol. The highest BCUT2D eigenvalue weighted by Crippen LogP contribution is 2.34. The van der Waals surface area contributed by atoms with Crippen LogP contribution in [0, 0.1) is 0 Å². The van der Waals surface area contributed by atoms with Crippen LogP contribution in [-0.2, 0) is 5.75 Å². The topological polar surface area (TPSA) is 80.3 Å². The Bertz CT molecular complexity index is 1650. The standard InChI is InChI=1S/C27H21Cl3N6O2S2/c28-17-3-1-4-19(13-17)34-8-10-35(11-9-34)26(37)21-15-39-24(31-21)16-40-27-33-32-25(23-5-2-12-38-23)36(27)22-7-6-18(29)14-20(22)30/h1-7,12-15H,8-11,16H2. The molecule has 0 saturated carbocycles. The highest BCUT2D eigenvalue weighted by molar-refractivity contribution is 7.98. The minimum absolute atomic E-state index is 0.0607. The number of aromatic nitrogens is 4. The predicted octanol–water partition coefficient (Wildman–Crippen LogP) is 7.20. The van der Waals surface area contributed by atoms with Crippen LogP contribution in [0.3, 0.4) is 0 Å². The van der Waals surface area contributed by atoms with E-state index in [-0.39, 0.29) is 5.91 Å². The summed E-state index contributed by atoms with van der Waals surface area (Å²) in [4.78, 5) is 21.9. The minimum atomic E-state index is -0.0607. The van der Waals surface area contributed by atoms with Gasteiger partial charge in [-0.2, -0.15) is 0 Å². The Morgan fingerprint density at radius 3 is 2.55 bits per heavy atom. The molecule has 0 N–H and O–H groups in total. The normalized spacial score (nSPS) is 13.7. The second kappa shape index (κ2) is 11.8. The van der Waals surface area contributed by atoms with Gasteiger partial charge < -0.3 is 14.2 Å². The number of carbonyl (C=O) groups is 1. The number of benzene rings is 2. The van der Waals surface area contributed by atoms with E-state index in [0.29, 0.717) is 62.0 Å². The van der Waals surface area contributed by atoms with Crippen molar-refractivity contribution in [3.05, 3.63) is 92.0 Å². The first-order valence-electron chi connectivity index (χ1n) is 12.3. The van der Waals surface area contributed by atoms with Crippen LogP contribution in [0.5, 0.6) is 0 Å². The molecule has 1 aliphatic heterocycles. The summed E-state index contributed by atoms with van der Waals surface area (Å²) in [6.45, 7) is 2.71. The van der Waals surface area contributed by atoms with Crippen LogP contribution in [0.4, 0.5) is 5.69 Å². The Balaban J connectivity index is 1.14. The number of anilines is 1. The van der Waals surface area contributed by atoms with Crippen molar-refractivity contribution in [2.45, 2.75) is 10.9 Å². The van der Waals surface area contributed by atoms with Crippen molar-refractivity contribution in [2.75, 3.05) is 31.1 Å². The number of amides is 1. The van der Waals surface area contributed by atoms with Gasteiger partial charge in [-0.3, -0.25) is 9.36 Å². The van der Waals surface area contributed by atoms with Crippen molar-refractivity contribution in [3.8, 4) is 17.3 Å². The van der Waals surface area contributed by atoms with Crippen molar-refractivity contribution in [3.63, 3.8) is 0 Å². The van der Waals surface area contributed by atoms with Crippen LogP contribution >= 0.6 is 57.9 Å². The summed E-state index contributed by atoms with van der Waals surface area (Å²) in [7, 11) is 0. The molecule has 3 aromatic heterocycles. The molecule has 4 heterocycles. The monoisotopic (exact) mass is 630 g/mol. The van der Waals surface area contributed by atoms with Gasteiger partial charge in [-0.05, 0) is 48.5 Å². The van der Waals surface area contributed by atoms with Crippen LogP contribution in [-0.4, -0.2) is 56.7 Å². The average Bonchev–Trinajstić information content (AvgIpc) is 3.73. The van der Waals surface area contributed by atoms with Crippen molar-refractivity contribution >= 4 is 69.5 Å². The number of furan rings is 1. The van der Waals surface area contributed by atoms with Gasteiger partial charge in [0.2, 0.25) is 5.82 Å². The van der Waals surface area contributed by atoms with Gasteiger partial charge in [0, 0.05) is 47.3 Å². The summed E-state index contributed by atoms with van der Waals surface area (Å²) in [5.74, 6) is 1.52. The quantitative estimate of drug-likeness (QED) is 0.176. The van der Waals surface area contributed by atoms with E-state index in [0.717, 1.165) is 23.8 Å². The lowest BCUT2D eigenvalue weighted by Crippen LogP contribution is -2.48. The fraction of sp³-hybridized carbons (Fsp3) is 0.185. The zero-order valence-electron chi connectivity index (χ0n) is 20.8. The molecule has 2 aromatic carbocycles. The molecule has 1 fully saturated rings. The smallest absolute Gasteiger partial charge is 0.273 e. The van der Waals surface area contributed by atoms with Gasteiger partial charge in [0.25, 0.3) is 5.91 Å². The van der Waals surface area contributed by atoms with Gasteiger partial charge in [-0.25, -0.2) is 4.98 Å². The van der Waals surface area contributed by atoms with E-state index in [1.807, 2.05) is 51.2 Å². The van der Waals surface area contributed by atoms with E-state index in [4.69, 9.17) is 39.2 Å². The number of carbonyl (C=O) groups excluding carboxylic acids is 1. The largest absolute Gasteiger partial charge is 0.461 e.